The van der Waals surface area contributed by atoms with E-state index >= 15 is 0 Å². The molecule has 42 heavy (non-hydrogen) atoms. The minimum absolute atomic E-state index is 0.0480. The molecule has 4 aromatic rings. The van der Waals surface area contributed by atoms with Gasteiger partial charge in [-0.2, -0.15) is 5.10 Å². The lowest BCUT2D eigenvalue weighted by molar-refractivity contribution is -0.143. The molecule has 0 fully saturated rings. The van der Waals surface area contributed by atoms with E-state index in [1.807, 2.05) is 56.6 Å². The van der Waals surface area contributed by atoms with Gasteiger partial charge in [0.2, 0.25) is 5.91 Å². The largest absolute Gasteiger partial charge is 0.491 e. The molecular formula is C34H42N4O4. The van der Waals surface area contributed by atoms with Gasteiger partial charge in [0, 0.05) is 17.5 Å². The number of nitrogens with one attached hydrogen (secondary N) is 1. The summed E-state index contributed by atoms with van der Waals surface area (Å²) in [5.74, 6) is 0.232. The van der Waals surface area contributed by atoms with E-state index in [1.165, 1.54) is 11.1 Å². The first kappa shape index (κ1) is 30.8. The van der Waals surface area contributed by atoms with Crippen LogP contribution in [-0.2, 0) is 20.7 Å². The van der Waals surface area contributed by atoms with E-state index in [2.05, 4.69) is 44.3 Å². The van der Waals surface area contributed by atoms with E-state index in [0.29, 0.717) is 6.42 Å². The lowest BCUT2D eigenvalue weighted by Gasteiger charge is -2.20. The third-order valence-electron chi connectivity index (χ3n) is 7.58. The van der Waals surface area contributed by atoms with Crippen LogP contribution in [0, 0.1) is 34.6 Å². The maximum atomic E-state index is 13.2. The van der Waals surface area contributed by atoms with Crippen LogP contribution in [0.25, 0.3) is 16.7 Å². The van der Waals surface area contributed by atoms with Crippen LogP contribution in [0.1, 0.15) is 78.9 Å². The van der Waals surface area contributed by atoms with Crippen LogP contribution in [0.3, 0.4) is 0 Å². The number of ether oxygens (including phenoxy) is 2. The third kappa shape index (κ3) is 6.98. The molecule has 8 heteroatoms. The first-order valence-corrected chi connectivity index (χ1v) is 14.6. The predicted octanol–water partition coefficient (Wildman–Crippen LogP) is 6.49. The van der Waals surface area contributed by atoms with Crippen LogP contribution in [0.4, 0.5) is 0 Å². The number of rotatable bonds is 11. The standard InChI is InChI=1S/C34H42N4O4/c1-9-41-32(40)19-30(26-11-14-28(15-12-26)42-20(2)3)36-31(39)17-16-29-23(6)33-25(8)37-38(34(33)35-24(29)7)27-13-10-21(4)22(5)18-27/h10-15,18,20,30H,9,16-17,19H2,1-8H3,(H,36,39). The van der Waals surface area contributed by atoms with E-state index in [1.54, 1.807) is 6.92 Å². The number of hydrogen-bond donors (Lipinski definition) is 1. The third-order valence-corrected chi connectivity index (χ3v) is 7.58. The van der Waals surface area contributed by atoms with E-state index in [9.17, 15) is 9.59 Å². The summed E-state index contributed by atoms with van der Waals surface area (Å²) in [4.78, 5) is 30.6. The van der Waals surface area contributed by atoms with Crippen LogP contribution in [0.15, 0.2) is 42.5 Å². The Balaban J connectivity index is 1.54. The SMILES string of the molecule is CCOC(=O)CC(NC(=O)CCc1c(C)nc2c(c(C)nn2-c2ccc(C)c(C)c2)c1C)c1ccc(OC(C)C)cc1. The zero-order valence-electron chi connectivity index (χ0n) is 26.0. The Kier molecular flexibility index (Phi) is 9.66. The molecule has 0 saturated carbocycles. The van der Waals surface area contributed by atoms with Gasteiger partial charge < -0.3 is 14.8 Å². The average Bonchev–Trinajstić information content (AvgIpc) is 3.25. The maximum Gasteiger partial charge on any atom is 0.308 e. The number of nitrogens with zero attached hydrogens (tertiary/aromatic N) is 3. The molecule has 222 valence electrons. The van der Waals surface area contributed by atoms with Crippen LogP contribution in [0.5, 0.6) is 5.75 Å². The van der Waals surface area contributed by atoms with Crippen molar-refractivity contribution < 1.29 is 19.1 Å². The summed E-state index contributed by atoms with van der Waals surface area (Å²) < 4.78 is 12.8. The first-order chi connectivity index (χ1) is 20.0. The van der Waals surface area contributed by atoms with Gasteiger partial charge in [-0.05, 0) is 114 Å². The van der Waals surface area contributed by atoms with Gasteiger partial charge >= 0.3 is 5.97 Å². The molecule has 8 nitrogen and oxygen atoms in total. The summed E-state index contributed by atoms with van der Waals surface area (Å²) in [7, 11) is 0. The van der Waals surface area contributed by atoms with E-state index in [4.69, 9.17) is 19.6 Å². The van der Waals surface area contributed by atoms with Gasteiger partial charge in [0.15, 0.2) is 5.65 Å². The van der Waals surface area contributed by atoms with Gasteiger partial charge in [-0.1, -0.05) is 18.2 Å². The number of hydrogen-bond acceptors (Lipinski definition) is 6. The van der Waals surface area contributed by atoms with E-state index < -0.39 is 6.04 Å². The number of aryl methyl sites for hydroxylation is 5. The minimum atomic E-state index is -0.508. The van der Waals surface area contributed by atoms with E-state index in [0.717, 1.165) is 50.5 Å². The van der Waals surface area contributed by atoms with E-state index in [-0.39, 0.29) is 37.4 Å². The highest BCUT2D eigenvalue weighted by Crippen LogP contribution is 2.29. The van der Waals surface area contributed by atoms with Crippen molar-refractivity contribution in [3.05, 3.63) is 81.7 Å². The average molecular weight is 571 g/mol. The molecule has 0 bridgehead atoms. The Morgan fingerprint density at radius 3 is 2.31 bits per heavy atom. The molecule has 1 amide bonds. The number of carbonyl (C=O) groups is 2. The second-order valence-electron chi connectivity index (χ2n) is 11.1. The number of benzene rings is 2. The zero-order valence-corrected chi connectivity index (χ0v) is 26.0. The summed E-state index contributed by atoms with van der Waals surface area (Å²) in [6.45, 7) is 16.2. The minimum Gasteiger partial charge on any atom is -0.491 e. The molecule has 0 radical (unpaired) electrons. The molecule has 1 unspecified atom stereocenters. The predicted molar refractivity (Wildman–Crippen MR) is 165 cm³/mol. The first-order valence-electron chi connectivity index (χ1n) is 14.6. The van der Waals surface area contributed by atoms with Crippen LogP contribution >= 0.6 is 0 Å². The highest BCUT2D eigenvalue weighted by molar-refractivity contribution is 5.85. The Morgan fingerprint density at radius 1 is 0.952 bits per heavy atom. The number of esters is 1. The smallest absolute Gasteiger partial charge is 0.308 e. The van der Waals surface area contributed by atoms with Crippen molar-refractivity contribution in [1.82, 2.24) is 20.1 Å². The van der Waals surface area contributed by atoms with Crippen LogP contribution in [0.2, 0.25) is 0 Å². The van der Waals surface area contributed by atoms with Gasteiger partial charge in [-0.15, -0.1) is 0 Å². The van der Waals surface area contributed by atoms with Crippen molar-refractivity contribution in [2.75, 3.05) is 6.61 Å². The lowest BCUT2D eigenvalue weighted by atomic mass is 9.98. The van der Waals surface area contributed by atoms with Gasteiger partial charge in [0.25, 0.3) is 0 Å². The highest BCUT2D eigenvalue weighted by atomic mass is 16.5. The number of aromatic nitrogens is 3. The monoisotopic (exact) mass is 570 g/mol. The van der Waals surface area contributed by atoms with Crippen molar-refractivity contribution in [3.63, 3.8) is 0 Å². The van der Waals surface area contributed by atoms with Gasteiger partial charge in [0.05, 0.1) is 36.6 Å². The molecule has 0 saturated heterocycles. The Morgan fingerprint density at radius 2 is 1.67 bits per heavy atom. The van der Waals surface area contributed by atoms with Gasteiger partial charge in [-0.25, -0.2) is 9.67 Å². The molecule has 0 aliphatic rings. The summed E-state index contributed by atoms with van der Waals surface area (Å²) >= 11 is 0. The summed E-state index contributed by atoms with van der Waals surface area (Å²) in [6, 6.07) is 13.3. The molecule has 0 spiro atoms. The molecule has 1 N–H and O–H groups in total. The van der Waals surface area contributed by atoms with Crippen LogP contribution in [-0.4, -0.2) is 39.4 Å². The maximum absolute atomic E-state index is 13.2. The lowest BCUT2D eigenvalue weighted by Crippen LogP contribution is -2.31. The van der Waals surface area contributed by atoms with Gasteiger partial charge in [0.1, 0.15) is 5.75 Å². The Labute approximate surface area is 248 Å². The summed E-state index contributed by atoms with van der Waals surface area (Å²) in [5.41, 5.74) is 8.95. The topological polar surface area (TPSA) is 95.3 Å². The Bertz CT molecular complexity index is 1590. The van der Waals surface area contributed by atoms with Crippen molar-refractivity contribution in [2.24, 2.45) is 0 Å². The number of pyridine rings is 1. The van der Waals surface area contributed by atoms with Crippen LogP contribution < -0.4 is 10.1 Å². The van der Waals surface area contributed by atoms with Crippen molar-refractivity contribution in [1.29, 1.82) is 0 Å². The van der Waals surface area contributed by atoms with Crippen molar-refractivity contribution in [3.8, 4) is 11.4 Å². The fraction of sp³-hybridized carbons (Fsp3) is 0.412. The normalized spacial score (nSPS) is 12.0. The molecule has 1 atom stereocenters. The fourth-order valence-electron chi connectivity index (χ4n) is 5.31. The fourth-order valence-corrected chi connectivity index (χ4v) is 5.31. The molecule has 4 rings (SSSR count). The molecule has 2 aromatic carbocycles. The molecule has 2 aromatic heterocycles. The summed E-state index contributed by atoms with van der Waals surface area (Å²) in [5, 5.41) is 8.90. The molecular weight excluding hydrogens is 528 g/mol. The molecule has 0 aliphatic carbocycles. The molecule has 0 aliphatic heterocycles. The van der Waals surface area contributed by atoms with Crippen molar-refractivity contribution >= 4 is 22.9 Å². The highest BCUT2D eigenvalue weighted by Gasteiger charge is 2.22. The van der Waals surface area contributed by atoms with Gasteiger partial charge in [-0.3, -0.25) is 9.59 Å². The number of carbonyl (C=O) groups excluding carboxylic acids is 2. The summed E-state index contributed by atoms with van der Waals surface area (Å²) in [6.07, 6.45) is 0.879. The second kappa shape index (κ2) is 13.2. The quantitative estimate of drug-likeness (QED) is 0.207. The number of fused-ring (bicyclic) bond motifs is 1. The second-order valence-corrected chi connectivity index (χ2v) is 11.1. The number of amides is 1. The Hall–Kier alpha value is -4.20. The van der Waals surface area contributed by atoms with Crippen molar-refractivity contribution in [2.45, 2.75) is 86.8 Å². The zero-order chi connectivity index (χ0) is 30.6. The molecule has 2 heterocycles.